The van der Waals surface area contributed by atoms with Crippen molar-refractivity contribution >= 4 is 11.9 Å². The highest BCUT2D eigenvalue weighted by Crippen LogP contribution is 2.31. The van der Waals surface area contributed by atoms with Crippen LogP contribution in [0.1, 0.15) is 23.1 Å². The largest absolute Gasteiger partial charge is 0.485 e. The minimum absolute atomic E-state index is 0.120. The second-order valence-corrected chi connectivity index (χ2v) is 8.49. The molecule has 0 spiro atoms. The molecule has 1 heterocycles. The van der Waals surface area contributed by atoms with Crippen LogP contribution in [0, 0.1) is 5.92 Å². The number of carbonyl (C=O) groups excluding carboxylic acids is 1. The van der Waals surface area contributed by atoms with Crippen LogP contribution in [-0.2, 0) is 34.0 Å². The maximum atomic E-state index is 12.5. The van der Waals surface area contributed by atoms with Crippen LogP contribution in [0.5, 0.6) is 11.5 Å². The van der Waals surface area contributed by atoms with Gasteiger partial charge in [-0.3, -0.25) is 4.79 Å². The molecule has 0 unspecified atom stereocenters. The average Bonchev–Trinajstić information content (AvgIpc) is 3.43. The molecule has 7 heteroatoms. The van der Waals surface area contributed by atoms with E-state index in [1.54, 1.807) is 18.2 Å². The second-order valence-electron chi connectivity index (χ2n) is 8.49. The van der Waals surface area contributed by atoms with Crippen molar-refractivity contribution in [1.82, 2.24) is 5.32 Å². The van der Waals surface area contributed by atoms with Gasteiger partial charge in [-0.1, -0.05) is 66.7 Å². The molecule has 1 aliphatic heterocycles. The zero-order valence-corrected chi connectivity index (χ0v) is 19.4. The molecule has 0 radical (unpaired) electrons. The first-order chi connectivity index (χ1) is 17.1. The van der Waals surface area contributed by atoms with E-state index in [0.717, 1.165) is 16.7 Å². The van der Waals surface area contributed by atoms with Gasteiger partial charge in [0.15, 0.2) is 11.5 Å². The lowest BCUT2D eigenvalue weighted by Gasteiger charge is -2.18. The number of nitrogens with one attached hydrogen (secondary N) is 1. The van der Waals surface area contributed by atoms with Gasteiger partial charge in [-0.15, -0.1) is 0 Å². The monoisotopic (exact) mass is 475 g/mol. The van der Waals surface area contributed by atoms with Crippen molar-refractivity contribution in [3.05, 3.63) is 95.6 Å². The molecule has 3 aromatic carbocycles. The number of carboxylic acids is 1. The standard InChI is InChI=1S/C28H29NO6/c30-27(23-13-14-33-19-23)29-24(28(31)32)15-22-11-12-25(34-17-20-7-3-1-4-8-20)26(16-22)35-18-21-9-5-2-6-10-21/h1-12,16,23-24H,13-15,17-19H2,(H,29,30)(H,31,32)/t23-,24+/m1/s1. The SMILES string of the molecule is O=C(N[C@@H](Cc1ccc(OCc2ccccc2)c(OCc2ccccc2)c1)C(=O)O)[C@@H]1CCOC1. The summed E-state index contributed by atoms with van der Waals surface area (Å²) < 4.78 is 17.4. The summed E-state index contributed by atoms with van der Waals surface area (Å²) in [6, 6.07) is 23.9. The Morgan fingerprint density at radius 2 is 1.51 bits per heavy atom. The molecule has 0 aliphatic carbocycles. The van der Waals surface area contributed by atoms with Gasteiger partial charge in [0, 0.05) is 13.0 Å². The molecule has 0 bridgehead atoms. The van der Waals surface area contributed by atoms with E-state index in [1.165, 1.54) is 0 Å². The van der Waals surface area contributed by atoms with Gasteiger partial charge >= 0.3 is 5.97 Å². The zero-order chi connectivity index (χ0) is 24.5. The first-order valence-electron chi connectivity index (χ1n) is 11.7. The highest BCUT2D eigenvalue weighted by Gasteiger charge is 2.28. The maximum Gasteiger partial charge on any atom is 0.326 e. The lowest BCUT2D eigenvalue weighted by molar-refractivity contribution is -0.142. The number of rotatable bonds is 11. The number of amides is 1. The van der Waals surface area contributed by atoms with Gasteiger partial charge in [-0.25, -0.2) is 4.79 Å². The van der Waals surface area contributed by atoms with Crippen molar-refractivity contribution in [3.8, 4) is 11.5 Å². The summed E-state index contributed by atoms with van der Waals surface area (Å²) in [5.41, 5.74) is 2.74. The van der Waals surface area contributed by atoms with Crippen LogP contribution in [0.2, 0.25) is 0 Å². The van der Waals surface area contributed by atoms with E-state index in [-0.39, 0.29) is 18.2 Å². The van der Waals surface area contributed by atoms with Crippen molar-refractivity contribution in [3.63, 3.8) is 0 Å². The van der Waals surface area contributed by atoms with Crippen molar-refractivity contribution in [1.29, 1.82) is 0 Å². The average molecular weight is 476 g/mol. The Bertz CT molecular complexity index is 1110. The van der Waals surface area contributed by atoms with E-state index in [1.807, 2.05) is 60.7 Å². The van der Waals surface area contributed by atoms with Gasteiger partial charge in [-0.2, -0.15) is 0 Å². The van der Waals surface area contributed by atoms with Crippen molar-refractivity contribution in [2.45, 2.75) is 32.1 Å². The van der Waals surface area contributed by atoms with Gasteiger partial charge in [0.05, 0.1) is 12.5 Å². The van der Waals surface area contributed by atoms with E-state index < -0.39 is 12.0 Å². The highest BCUT2D eigenvalue weighted by molar-refractivity contribution is 5.85. The Morgan fingerprint density at radius 1 is 0.886 bits per heavy atom. The number of aliphatic carboxylic acids is 1. The topological polar surface area (TPSA) is 94.1 Å². The Balaban J connectivity index is 1.49. The van der Waals surface area contributed by atoms with E-state index in [9.17, 15) is 14.7 Å². The molecule has 2 atom stereocenters. The van der Waals surface area contributed by atoms with E-state index in [0.29, 0.717) is 44.3 Å². The van der Waals surface area contributed by atoms with Crippen LogP contribution in [0.4, 0.5) is 0 Å². The molecule has 1 saturated heterocycles. The number of hydrogen-bond donors (Lipinski definition) is 2. The molecule has 3 aromatic rings. The smallest absolute Gasteiger partial charge is 0.326 e. The molecule has 2 N–H and O–H groups in total. The van der Waals surface area contributed by atoms with Gasteiger partial charge in [-0.05, 0) is 35.2 Å². The third-order valence-electron chi connectivity index (χ3n) is 5.84. The van der Waals surface area contributed by atoms with Crippen LogP contribution in [0.25, 0.3) is 0 Å². The third-order valence-corrected chi connectivity index (χ3v) is 5.84. The van der Waals surface area contributed by atoms with Gasteiger partial charge in [0.1, 0.15) is 19.3 Å². The summed E-state index contributed by atoms with van der Waals surface area (Å²) >= 11 is 0. The van der Waals surface area contributed by atoms with Crippen LogP contribution in [0.15, 0.2) is 78.9 Å². The lowest BCUT2D eigenvalue weighted by atomic mass is 10.0. The summed E-state index contributed by atoms with van der Waals surface area (Å²) in [7, 11) is 0. The molecule has 182 valence electrons. The maximum absolute atomic E-state index is 12.5. The highest BCUT2D eigenvalue weighted by atomic mass is 16.5. The number of carboxylic acid groups (broad SMARTS) is 1. The Morgan fingerprint density at radius 3 is 2.09 bits per heavy atom. The summed E-state index contributed by atoms with van der Waals surface area (Å²) in [5.74, 6) is -0.614. The first-order valence-corrected chi connectivity index (χ1v) is 11.7. The van der Waals surface area contributed by atoms with Crippen molar-refractivity contribution in [2.24, 2.45) is 5.92 Å². The molecule has 35 heavy (non-hydrogen) atoms. The van der Waals surface area contributed by atoms with Gasteiger partial charge in [0.2, 0.25) is 5.91 Å². The van der Waals surface area contributed by atoms with Crippen LogP contribution in [0.3, 0.4) is 0 Å². The molecule has 0 saturated carbocycles. The Labute approximate surface area is 204 Å². The molecular formula is C28H29NO6. The fourth-order valence-electron chi connectivity index (χ4n) is 3.85. The fourth-order valence-corrected chi connectivity index (χ4v) is 3.85. The molecule has 1 fully saturated rings. The predicted molar refractivity (Wildman–Crippen MR) is 130 cm³/mol. The van der Waals surface area contributed by atoms with Crippen LogP contribution < -0.4 is 14.8 Å². The van der Waals surface area contributed by atoms with E-state index in [2.05, 4.69) is 5.32 Å². The Hall–Kier alpha value is -3.84. The van der Waals surface area contributed by atoms with Crippen molar-refractivity contribution < 1.29 is 28.9 Å². The molecule has 7 nitrogen and oxygen atoms in total. The first kappa shape index (κ1) is 24.3. The number of ether oxygens (including phenoxy) is 3. The zero-order valence-electron chi connectivity index (χ0n) is 19.4. The van der Waals surface area contributed by atoms with Gasteiger partial charge in [0.25, 0.3) is 0 Å². The summed E-state index contributed by atoms with van der Waals surface area (Å²) in [6.07, 6.45) is 0.721. The lowest BCUT2D eigenvalue weighted by Crippen LogP contribution is -2.45. The molecule has 1 aliphatic rings. The molecule has 4 rings (SSSR count). The number of carbonyl (C=O) groups is 2. The van der Waals surface area contributed by atoms with Crippen LogP contribution >= 0.6 is 0 Å². The van der Waals surface area contributed by atoms with Crippen LogP contribution in [-0.4, -0.2) is 36.2 Å². The second kappa shape index (κ2) is 12.0. The minimum atomic E-state index is -1.09. The summed E-state index contributed by atoms with van der Waals surface area (Å²) in [5, 5.41) is 12.4. The summed E-state index contributed by atoms with van der Waals surface area (Å²) in [6.45, 7) is 1.55. The van der Waals surface area contributed by atoms with E-state index in [4.69, 9.17) is 14.2 Å². The molecule has 1 amide bonds. The minimum Gasteiger partial charge on any atom is -0.485 e. The molecular weight excluding hydrogens is 446 g/mol. The van der Waals surface area contributed by atoms with Gasteiger partial charge < -0.3 is 24.6 Å². The molecule has 0 aromatic heterocycles. The number of benzene rings is 3. The quantitative estimate of drug-likeness (QED) is 0.436. The Kier molecular flexibility index (Phi) is 8.35. The normalized spacial score (nSPS) is 15.8. The summed E-state index contributed by atoms with van der Waals surface area (Å²) in [4.78, 5) is 24.3. The van der Waals surface area contributed by atoms with Crippen molar-refractivity contribution in [2.75, 3.05) is 13.2 Å². The fraction of sp³-hybridized carbons (Fsp3) is 0.286. The number of hydrogen-bond acceptors (Lipinski definition) is 5. The predicted octanol–water partition coefficient (Wildman–Crippen LogP) is 3.99. The third kappa shape index (κ3) is 7.07. The van der Waals surface area contributed by atoms with E-state index >= 15 is 0 Å².